The summed E-state index contributed by atoms with van der Waals surface area (Å²) in [6, 6.07) is 6.18. The van der Waals surface area contributed by atoms with Gasteiger partial charge in [-0.25, -0.2) is 0 Å². The fourth-order valence-corrected chi connectivity index (χ4v) is 2.40. The van der Waals surface area contributed by atoms with E-state index in [0.29, 0.717) is 0 Å². The summed E-state index contributed by atoms with van der Waals surface area (Å²) >= 11 is 0. The summed E-state index contributed by atoms with van der Waals surface area (Å²) in [5.41, 5.74) is 8.43. The van der Waals surface area contributed by atoms with E-state index in [9.17, 15) is 0 Å². The molecule has 0 aliphatic carbocycles. The average molecular weight is 220 g/mol. The minimum absolute atomic E-state index is 0.00625. The molecule has 0 saturated carbocycles. The van der Waals surface area contributed by atoms with Gasteiger partial charge in [-0.3, -0.25) is 0 Å². The van der Waals surface area contributed by atoms with Gasteiger partial charge in [-0.05, 0) is 31.9 Å². The van der Waals surface area contributed by atoms with Gasteiger partial charge < -0.3 is 15.4 Å². The van der Waals surface area contributed by atoms with Gasteiger partial charge in [-0.1, -0.05) is 6.07 Å². The van der Waals surface area contributed by atoms with E-state index < -0.39 is 0 Å². The predicted octanol–water partition coefficient (Wildman–Crippen LogP) is 2.32. The molecule has 3 heteroatoms. The van der Waals surface area contributed by atoms with E-state index in [1.165, 1.54) is 18.5 Å². The molecule has 16 heavy (non-hydrogen) atoms. The maximum Gasteiger partial charge on any atom is 0.125 e. The Kier molecular flexibility index (Phi) is 3.34. The van der Waals surface area contributed by atoms with Gasteiger partial charge in [0.05, 0.1) is 7.11 Å². The summed E-state index contributed by atoms with van der Waals surface area (Å²) < 4.78 is 5.40. The van der Waals surface area contributed by atoms with Crippen molar-refractivity contribution in [1.29, 1.82) is 0 Å². The van der Waals surface area contributed by atoms with Gasteiger partial charge >= 0.3 is 0 Å². The summed E-state index contributed by atoms with van der Waals surface area (Å²) in [6.45, 7) is 4.27. The lowest BCUT2D eigenvalue weighted by Crippen LogP contribution is -2.21. The van der Waals surface area contributed by atoms with Crippen molar-refractivity contribution in [2.75, 3.05) is 25.1 Å². The van der Waals surface area contributed by atoms with Gasteiger partial charge in [0.15, 0.2) is 0 Å². The number of hydrogen-bond acceptors (Lipinski definition) is 3. The number of nitrogens with two attached hydrogens (primary N) is 1. The van der Waals surface area contributed by atoms with Gasteiger partial charge in [0.25, 0.3) is 0 Å². The Morgan fingerprint density at radius 3 is 2.56 bits per heavy atom. The van der Waals surface area contributed by atoms with Crippen LogP contribution in [0.4, 0.5) is 5.69 Å². The van der Waals surface area contributed by atoms with Crippen molar-refractivity contribution >= 4 is 5.69 Å². The zero-order chi connectivity index (χ0) is 11.5. The number of benzene rings is 1. The highest BCUT2D eigenvalue weighted by molar-refractivity contribution is 5.61. The van der Waals surface area contributed by atoms with Crippen molar-refractivity contribution in [2.45, 2.75) is 25.8 Å². The number of anilines is 1. The van der Waals surface area contributed by atoms with Gasteiger partial charge in [0.2, 0.25) is 0 Å². The molecule has 1 unspecified atom stereocenters. The van der Waals surface area contributed by atoms with Crippen LogP contribution in [-0.4, -0.2) is 20.2 Å². The number of nitrogens with zero attached hydrogens (tertiary/aromatic N) is 1. The first-order chi connectivity index (χ1) is 7.74. The van der Waals surface area contributed by atoms with Crippen LogP contribution < -0.4 is 15.4 Å². The highest BCUT2D eigenvalue weighted by Crippen LogP contribution is 2.34. The molecule has 1 aromatic carbocycles. The molecule has 1 fully saturated rings. The Morgan fingerprint density at radius 1 is 1.31 bits per heavy atom. The standard InChI is InChI=1S/C13H20N2O/c1-10(14)13-11(15-8-3-4-9-15)6-5-7-12(13)16-2/h5-7,10H,3-4,8-9,14H2,1-2H3. The van der Waals surface area contributed by atoms with E-state index in [1.54, 1.807) is 7.11 Å². The van der Waals surface area contributed by atoms with E-state index >= 15 is 0 Å². The molecule has 0 amide bonds. The number of rotatable bonds is 3. The third-order valence-electron chi connectivity index (χ3n) is 3.17. The van der Waals surface area contributed by atoms with Crippen LogP contribution >= 0.6 is 0 Å². The first-order valence-corrected chi connectivity index (χ1v) is 5.91. The fraction of sp³-hybridized carbons (Fsp3) is 0.538. The molecular formula is C13H20N2O. The molecule has 0 bridgehead atoms. The summed E-state index contributed by atoms with van der Waals surface area (Å²) in [5.74, 6) is 0.902. The molecule has 2 rings (SSSR count). The third kappa shape index (κ3) is 2.00. The first kappa shape index (κ1) is 11.3. The molecule has 0 radical (unpaired) electrons. The van der Waals surface area contributed by atoms with Crippen LogP contribution in [0.25, 0.3) is 0 Å². The van der Waals surface area contributed by atoms with E-state index in [2.05, 4.69) is 11.0 Å². The minimum Gasteiger partial charge on any atom is -0.496 e. The van der Waals surface area contributed by atoms with E-state index in [1.807, 2.05) is 19.1 Å². The van der Waals surface area contributed by atoms with Crippen molar-refractivity contribution in [3.8, 4) is 5.75 Å². The molecule has 88 valence electrons. The maximum atomic E-state index is 6.05. The second kappa shape index (κ2) is 4.74. The largest absolute Gasteiger partial charge is 0.496 e. The zero-order valence-corrected chi connectivity index (χ0v) is 10.1. The smallest absolute Gasteiger partial charge is 0.125 e. The monoisotopic (exact) mass is 220 g/mol. The second-order valence-electron chi connectivity index (χ2n) is 4.38. The summed E-state index contributed by atoms with van der Waals surface area (Å²) in [4.78, 5) is 2.40. The Hall–Kier alpha value is -1.22. The molecule has 1 heterocycles. The molecule has 1 saturated heterocycles. The molecule has 2 N–H and O–H groups in total. The number of hydrogen-bond donors (Lipinski definition) is 1. The lowest BCUT2D eigenvalue weighted by atomic mass is 10.0. The molecule has 1 aliphatic rings. The summed E-state index contributed by atoms with van der Waals surface area (Å²) in [7, 11) is 1.70. The number of ether oxygens (including phenoxy) is 1. The average Bonchev–Trinajstić information content (AvgIpc) is 2.81. The van der Waals surface area contributed by atoms with Crippen LogP contribution in [0.3, 0.4) is 0 Å². The topological polar surface area (TPSA) is 38.5 Å². The third-order valence-corrected chi connectivity index (χ3v) is 3.17. The van der Waals surface area contributed by atoms with Crippen LogP contribution in [0.1, 0.15) is 31.4 Å². The fourth-order valence-electron chi connectivity index (χ4n) is 2.40. The van der Waals surface area contributed by atoms with Crippen LogP contribution in [0.15, 0.2) is 18.2 Å². The molecule has 1 aliphatic heterocycles. The molecule has 0 aromatic heterocycles. The Morgan fingerprint density at radius 2 is 2.00 bits per heavy atom. The molecule has 0 spiro atoms. The van der Waals surface area contributed by atoms with Crippen LogP contribution in [0.5, 0.6) is 5.75 Å². The van der Waals surface area contributed by atoms with Gasteiger partial charge in [-0.15, -0.1) is 0 Å². The number of methoxy groups -OCH3 is 1. The van der Waals surface area contributed by atoms with Crippen molar-refractivity contribution in [2.24, 2.45) is 5.73 Å². The molecule has 1 atom stereocenters. The van der Waals surface area contributed by atoms with Crippen LogP contribution in [0.2, 0.25) is 0 Å². The van der Waals surface area contributed by atoms with Crippen molar-refractivity contribution in [3.63, 3.8) is 0 Å². The van der Waals surface area contributed by atoms with Crippen molar-refractivity contribution in [1.82, 2.24) is 0 Å². The Bertz CT molecular complexity index is 357. The first-order valence-electron chi connectivity index (χ1n) is 5.91. The molecular weight excluding hydrogens is 200 g/mol. The van der Waals surface area contributed by atoms with E-state index in [4.69, 9.17) is 10.5 Å². The van der Waals surface area contributed by atoms with E-state index in [0.717, 1.165) is 24.4 Å². The lowest BCUT2D eigenvalue weighted by molar-refractivity contribution is 0.407. The quantitative estimate of drug-likeness (QED) is 0.849. The minimum atomic E-state index is 0.00625. The predicted molar refractivity (Wildman–Crippen MR) is 67.0 cm³/mol. The van der Waals surface area contributed by atoms with Gasteiger partial charge in [0, 0.05) is 30.4 Å². The van der Waals surface area contributed by atoms with Crippen molar-refractivity contribution < 1.29 is 4.74 Å². The van der Waals surface area contributed by atoms with E-state index in [-0.39, 0.29) is 6.04 Å². The highest BCUT2D eigenvalue weighted by atomic mass is 16.5. The van der Waals surface area contributed by atoms with Crippen LogP contribution in [-0.2, 0) is 0 Å². The maximum absolute atomic E-state index is 6.05. The van der Waals surface area contributed by atoms with Crippen molar-refractivity contribution in [3.05, 3.63) is 23.8 Å². The normalized spacial score (nSPS) is 17.6. The SMILES string of the molecule is COc1cccc(N2CCCC2)c1C(C)N. The zero-order valence-electron chi connectivity index (χ0n) is 10.1. The van der Waals surface area contributed by atoms with Gasteiger partial charge in [0.1, 0.15) is 5.75 Å². The van der Waals surface area contributed by atoms with Gasteiger partial charge in [-0.2, -0.15) is 0 Å². The lowest BCUT2D eigenvalue weighted by Gasteiger charge is -2.24. The summed E-state index contributed by atoms with van der Waals surface area (Å²) in [6.07, 6.45) is 2.55. The Labute approximate surface area is 97.2 Å². The van der Waals surface area contributed by atoms with Crippen LogP contribution in [0, 0.1) is 0 Å². The second-order valence-corrected chi connectivity index (χ2v) is 4.38. The Balaban J connectivity index is 2.42. The summed E-state index contributed by atoms with van der Waals surface area (Å²) in [5, 5.41) is 0. The molecule has 3 nitrogen and oxygen atoms in total. The molecule has 1 aromatic rings. The highest BCUT2D eigenvalue weighted by Gasteiger charge is 2.20.